The summed E-state index contributed by atoms with van der Waals surface area (Å²) in [7, 11) is 0. The van der Waals surface area contributed by atoms with Crippen molar-refractivity contribution < 1.29 is 9.53 Å². The van der Waals surface area contributed by atoms with Gasteiger partial charge in [0.1, 0.15) is 0 Å². The first-order valence-corrected chi connectivity index (χ1v) is 10.2. The summed E-state index contributed by atoms with van der Waals surface area (Å²) in [4.78, 5) is 12.7. The molecule has 2 aliphatic rings. The molecule has 1 aliphatic carbocycles. The SMILES string of the molecule is Cc1cccc2c1C1(CCC(C(C)C(=O)Nc3ccc(Cl)cc3)CC1)OC2. The average Bonchev–Trinajstić information content (AvgIpc) is 3.03. The maximum Gasteiger partial charge on any atom is 0.227 e. The van der Waals surface area contributed by atoms with E-state index in [9.17, 15) is 4.79 Å². The number of ether oxygens (including phenoxy) is 1. The van der Waals surface area contributed by atoms with E-state index in [2.05, 4.69) is 30.4 Å². The molecule has 0 aromatic heterocycles. The van der Waals surface area contributed by atoms with Gasteiger partial charge in [0.25, 0.3) is 0 Å². The molecule has 1 heterocycles. The van der Waals surface area contributed by atoms with Crippen molar-refractivity contribution in [2.45, 2.75) is 51.7 Å². The van der Waals surface area contributed by atoms with Gasteiger partial charge in [0.2, 0.25) is 5.91 Å². The topological polar surface area (TPSA) is 38.3 Å². The van der Waals surface area contributed by atoms with Crippen LogP contribution in [0.1, 0.15) is 49.3 Å². The van der Waals surface area contributed by atoms with Crippen LogP contribution in [-0.4, -0.2) is 5.91 Å². The van der Waals surface area contributed by atoms with Crippen molar-refractivity contribution >= 4 is 23.2 Å². The molecule has 1 saturated carbocycles. The third kappa shape index (κ3) is 3.51. The Morgan fingerprint density at radius 3 is 2.59 bits per heavy atom. The van der Waals surface area contributed by atoms with Crippen molar-refractivity contribution in [1.29, 1.82) is 0 Å². The molecule has 4 rings (SSSR count). The minimum absolute atomic E-state index is 0.0178. The molecule has 1 spiro atoms. The first-order chi connectivity index (χ1) is 13.0. The Bertz CT molecular complexity index is 838. The second-order valence-corrected chi connectivity index (χ2v) is 8.45. The van der Waals surface area contributed by atoms with Gasteiger partial charge in [-0.3, -0.25) is 4.79 Å². The van der Waals surface area contributed by atoms with Gasteiger partial charge in [0.05, 0.1) is 12.2 Å². The summed E-state index contributed by atoms with van der Waals surface area (Å²) >= 11 is 5.91. The summed E-state index contributed by atoms with van der Waals surface area (Å²) < 4.78 is 6.32. The highest BCUT2D eigenvalue weighted by Gasteiger charge is 2.45. The first kappa shape index (κ1) is 18.5. The fourth-order valence-corrected chi connectivity index (χ4v) is 4.92. The molecule has 0 radical (unpaired) electrons. The van der Waals surface area contributed by atoms with Gasteiger partial charge in [-0.2, -0.15) is 0 Å². The van der Waals surface area contributed by atoms with E-state index in [1.54, 1.807) is 12.1 Å². The summed E-state index contributed by atoms with van der Waals surface area (Å²) in [5.74, 6) is 0.456. The molecule has 4 heteroatoms. The zero-order valence-corrected chi connectivity index (χ0v) is 16.7. The Hall–Kier alpha value is -1.84. The van der Waals surface area contributed by atoms with Gasteiger partial charge in [-0.1, -0.05) is 36.7 Å². The van der Waals surface area contributed by atoms with Crippen molar-refractivity contribution in [3.63, 3.8) is 0 Å². The fraction of sp³-hybridized carbons (Fsp3) is 0.435. The predicted octanol–water partition coefficient (Wildman–Crippen LogP) is 5.84. The van der Waals surface area contributed by atoms with Crippen molar-refractivity contribution in [3.05, 3.63) is 64.2 Å². The zero-order valence-electron chi connectivity index (χ0n) is 15.9. The largest absolute Gasteiger partial charge is 0.366 e. The quantitative estimate of drug-likeness (QED) is 0.723. The van der Waals surface area contributed by atoms with Crippen LogP contribution in [0, 0.1) is 18.8 Å². The number of fused-ring (bicyclic) bond motifs is 2. The van der Waals surface area contributed by atoms with Crippen LogP contribution in [-0.2, 0) is 21.7 Å². The third-order valence-corrected chi connectivity index (χ3v) is 6.64. The van der Waals surface area contributed by atoms with Crippen molar-refractivity contribution in [1.82, 2.24) is 0 Å². The van der Waals surface area contributed by atoms with Crippen molar-refractivity contribution in [2.24, 2.45) is 11.8 Å². The lowest BCUT2D eigenvalue weighted by molar-refractivity contribution is -0.123. The molecule has 1 aliphatic heterocycles. The van der Waals surface area contributed by atoms with Gasteiger partial charge in [-0.05, 0) is 79.5 Å². The van der Waals surface area contributed by atoms with Crippen LogP contribution < -0.4 is 5.32 Å². The molecule has 1 fully saturated rings. The molecular formula is C23H26ClNO2. The number of rotatable bonds is 3. The van der Waals surface area contributed by atoms with Gasteiger partial charge in [-0.15, -0.1) is 0 Å². The van der Waals surface area contributed by atoms with E-state index in [1.807, 2.05) is 19.1 Å². The number of carbonyl (C=O) groups is 1. The van der Waals surface area contributed by atoms with E-state index in [0.29, 0.717) is 17.5 Å². The van der Waals surface area contributed by atoms with Crippen LogP contribution in [0.2, 0.25) is 5.02 Å². The molecule has 2 aromatic carbocycles. The van der Waals surface area contributed by atoms with Gasteiger partial charge < -0.3 is 10.1 Å². The maximum absolute atomic E-state index is 12.7. The van der Waals surface area contributed by atoms with Crippen LogP contribution in [0.5, 0.6) is 0 Å². The van der Waals surface area contributed by atoms with Gasteiger partial charge in [0.15, 0.2) is 0 Å². The molecule has 1 N–H and O–H groups in total. The minimum Gasteiger partial charge on any atom is -0.366 e. The monoisotopic (exact) mass is 383 g/mol. The molecule has 1 unspecified atom stereocenters. The summed E-state index contributed by atoms with van der Waals surface area (Å²) in [6.45, 7) is 4.94. The fourth-order valence-electron chi connectivity index (χ4n) is 4.79. The molecule has 0 saturated heterocycles. The van der Waals surface area contributed by atoms with E-state index in [0.717, 1.165) is 31.4 Å². The molecule has 142 valence electrons. The number of amides is 1. The molecule has 1 amide bonds. The molecular weight excluding hydrogens is 358 g/mol. The number of hydrogen-bond donors (Lipinski definition) is 1. The smallest absolute Gasteiger partial charge is 0.227 e. The standard InChI is InChI=1S/C23H26ClNO2/c1-15-4-3-5-18-14-27-23(21(15)18)12-10-17(11-13-23)16(2)22(26)25-20-8-6-19(24)7-9-20/h3-9,16-17H,10-14H2,1-2H3,(H,25,26). The third-order valence-electron chi connectivity index (χ3n) is 6.39. The Balaban J connectivity index is 1.41. The number of carbonyl (C=O) groups excluding carboxylic acids is 1. The van der Waals surface area contributed by atoms with Crippen LogP contribution in [0.3, 0.4) is 0 Å². The van der Waals surface area contributed by atoms with Gasteiger partial charge >= 0.3 is 0 Å². The van der Waals surface area contributed by atoms with Crippen LogP contribution >= 0.6 is 11.6 Å². The lowest BCUT2D eigenvalue weighted by Gasteiger charge is -2.39. The minimum atomic E-state index is -0.135. The van der Waals surface area contributed by atoms with E-state index >= 15 is 0 Å². The van der Waals surface area contributed by atoms with Crippen molar-refractivity contribution in [2.75, 3.05) is 5.32 Å². The van der Waals surface area contributed by atoms with Gasteiger partial charge in [0, 0.05) is 16.6 Å². The molecule has 3 nitrogen and oxygen atoms in total. The average molecular weight is 384 g/mol. The first-order valence-electron chi connectivity index (χ1n) is 9.78. The highest BCUT2D eigenvalue weighted by Crippen LogP contribution is 2.50. The Labute approximate surface area is 166 Å². The van der Waals surface area contributed by atoms with Crippen LogP contribution in [0.25, 0.3) is 0 Å². The second kappa shape index (κ2) is 7.29. The van der Waals surface area contributed by atoms with E-state index < -0.39 is 0 Å². The van der Waals surface area contributed by atoms with E-state index in [-0.39, 0.29) is 17.4 Å². The second-order valence-electron chi connectivity index (χ2n) is 8.01. The number of benzene rings is 2. The summed E-state index contributed by atoms with van der Waals surface area (Å²) in [5, 5.41) is 3.70. The highest BCUT2D eigenvalue weighted by atomic mass is 35.5. The molecule has 1 atom stereocenters. The lowest BCUT2D eigenvalue weighted by Crippen LogP contribution is -2.36. The number of hydrogen-bond acceptors (Lipinski definition) is 2. The normalized spacial score (nSPS) is 25.2. The summed E-state index contributed by atoms with van der Waals surface area (Å²) in [6, 6.07) is 13.8. The maximum atomic E-state index is 12.7. The van der Waals surface area contributed by atoms with Crippen LogP contribution in [0.15, 0.2) is 42.5 Å². The molecule has 0 bridgehead atoms. The number of nitrogens with one attached hydrogen (secondary N) is 1. The Morgan fingerprint density at radius 1 is 1.19 bits per heavy atom. The van der Waals surface area contributed by atoms with Crippen molar-refractivity contribution in [3.8, 4) is 0 Å². The predicted molar refractivity (Wildman–Crippen MR) is 109 cm³/mol. The highest BCUT2D eigenvalue weighted by molar-refractivity contribution is 6.30. The number of anilines is 1. The lowest BCUT2D eigenvalue weighted by atomic mass is 9.70. The number of aryl methyl sites for hydroxylation is 1. The van der Waals surface area contributed by atoms with E-state index in [4.69, 9.17) is 16.3 Å². The Morgan fingerprint density at radius 2 is 1.89 bits per heavy atom. The summed E-state index contributed by atoms with van der Waals surface area (Å²) in [5.41, 5.74) is 4.73. The summed E-state index contributed by atoms with van der Waals surface area (Å²) in [6.07, 6.45) is 4.02. The number of halogens is 1. The van der Waals surface area contributed by atoms with E-state index in [1.165, 1.54) is 16.7 Å². The molecule has 27 heavy (non-hydrogen) atoms. The zero-order chi connectivity index (χ0) is 19.0. The van der Waals surface area contributed by atoms with Gasteiger partial charge in [-0.25, -0.2) is 0 Å². The van der Waals surface area contributed by atoms with Crippen LogP contribution in [0.4, 0.5) is 5.69 Å². The Kier molecular flexibility index (Phi) is 5.00. The molecule has 2 aromatic rings.